The third-order valence-corrected chi connectivity index (χ3v) is 3.40. The Balaban J connectivity index is 2.79. The molecule has 3 nitrogen and oxygen atoms in total. The lowest BCUT2D eigenvalue weighted by Crippen LogP contribution is -2.35. The Hall–Kier alpha value is -0.120. The van der Waals surface area contributed by atoms with Crippen molar-refractivity contribution in [3.63, 3.8) is 0 Å². The van der Waals surface area contributed by atoms with Gasteiger partial charge in [-0.15, -0.1) is 0 Å². The van der Waals surface area contributed by atoms with E-state index < -0.39 is 12.4 Å². The molecule has 0 spiro atoms. The molecule has 78 valence electrons. The van der Waals surface area contributed by atoms with E-state index in [1.807, 2.05) is 6.92 Å². The normalized spacial score (nSPS) is 38.1. The van der Waals surface area contributed by atoms with Crippen molar-refractivity contribution >= 4 is 0 Å². The van der Waals surface area contributed by atoms with Crippen molar-refractivity contribution in [1.29, 1.82) is 0 Å². The molecule has 0 bridgehead atoms. The topological polar surface area (TPSA) is 38.7 Å². The van der Waals surface area contributed by atoms with Gasteiger partial charge in [-0.1, -0.05) is 20.8 Å². The van der Waals surface area contributed by atoms with Crippen LogP contribution in [-0.2, 0) is 9.47 Å². The van der Waals surface area contributed by atoms with Gasteiger partial charge in [0.25, 0.3) is 0 Å². The molecule has 13 heavy (non-hydrogen) atoms. The fourth-order valence-corrected chi connectivity index (χ4v) is 2.20. The highest BCUT2D eigenvalue weighted by Gasteiger charge is 2.50. The summed E-state index contributed by atoms with van der Waals surface area (Å²) >= 11 is 0. The van der Waals surface area contributed by atoms with Crippen molar-refractivity contribution in [3.05, 3.63) is 0 Å². The van der Waals surface area contributed by atoms with Crippen LogP contribution in [0.4, 0.5) is 0 Å². The van der Waals surface area contributed by atoms with Crippen molar-refractivity contribution in [2.45, 2.75) is 51.6 Å². The van der Waals surface area contributed by atoms with Crippen molar-refractivity contribution in [1.82, 2.24) is 0 Å². The second-order valence-corrected chi connectivity index (χ2v) is 3.77. The summed E-state index contributed by atoms with van der Waals surface area (Å²) in [5.74, 6) is 0.146. The third kappa shape index (κ3) is 1.60. The van der Waals surface area contributed by atoms with Gasteiger partial charge in [0.15, 0.2) is 6.29 Å². The molecule has 0 amide bonds. The molecule has 1 fully saturated rings. The smallest absolute Gasteiger partial charge is 0.184 e. The molecule has 0 saturated carbocycles. The molecule has 1 aliphatic heterocycles. The lowest BCUT2D eigenvalue weighted by molar-refractivity contribution is -0.178. The zero-order valence-corrected chi connectivity index (χ0v) is 8.91. The van der Waals surface area contributed by atoms with Gasteiger partial charge >= 0.3 is 0 Å². The lowest BCUT2D eigenvalue weighted by Gasteiger charge is -2.30. The molecule has 1 unspecified atom stereocenters. The molecule has 1 rings (SSSR count). The summed E-state index contributed by atoms with van der Waals surface area (Å²) in [4.78, 5) is 0. The Kier molecular flexibility index (Phi) is 3.33. The van der Waals surface area contributed by atoms with Crippen LogP contribution >= 0.6 is 0 Å². The number of methoxy groups -OCH3 is 1. The highest BCUT2D eigenvalue weighted by molar-refractivity contribution is 4.95. The Labute approximate surface area is 80.0 Å². The SMILES string of the molecule is CCC1(CC)OC(OC)[C@H](O)[C@@H]1C. The highest BCUT2D eigenvalue weighted by Crippen LogP contribution is 2.41. The van der Waals surface area contributed by atoms with E-state index in [1.54, 1.807) is 7.11 Å². The van der Waals surface area contributed by atoms with Crippen LogP contribution in [0.5, 0.6) is 0 Å². The molecule has 0 aromatic rings. The van der Waals surface area contributed by atoms with Crippen LogP contribution in [0.25, 0.3) is 0 Å². The minimum Gasteiger partial charge on any atom is -0.387 e. The summed E-state index contributed by atoms with van der Waals surface area (Å²) in [6.45, 7) is 6.20. The first-order valence-electron chi connectivity index (χ1n) is 5.00. The summed E-state index contributed by atoms with van der Waals surface area (Å²) in [7, 11) is 1.57. The molecule has 1 saturated heterocycles. The van der Waals surface area contributed by atoms with E-state index in [0.717, 1.165) is 12.8 Å². The molecule has 0 aromatic heterocycles. The van der Waals surface area contributed by atoms with Crippen LogP contribution in [0.3, 0.4) is 0 Å². The summed E-state index contributed by atoms with van der Waals surface area (Å²) in [6.07, 6.45) is 0.892. The first-order valence-corrected chi connectivity index (χ1v) is 5.00. The van der Waals surface area contributed by atoms with Crippen molar-refractivity contribution in [2.75, 3.05) is 7.11 Å². The fraction of sp³-hybridized carbons (Fsp3) is 1.00. The maximum Gasteiger partial charge on any atom is 0.184 e. The lowest BCUT2D eigenvalue weighted by atomic mass is 9.83. The Morgan fingerprint density at radius 2 is 1.92 bits per heavy atom. The predicted octanol–water partition coefficient (Wildman–Crippen LogP) is 1.54. The van der Waals surface area contributed by atoms with Crippen LogP contribution < -0.4 is 0 Å². The van der Waals surface area contributed by atoms with E-state index >= 15 is 0 Å². The average molecular weight is 188 g/mol. The van der Waals surface area contributed by atoms with Crippen LogP contribution in [0.15, 0.2) is 0 Å². The van der Waals surface area contributed by atoms with Crippen LogP contribution in [-0.4, -0.2) is 30.2 Å². The van der Waals surface area contributed by atoms with E-state index in [0.29, 0.717) is 0 Å². The second kappa shape index (κ2) is 3.95. The average Bonchev–Trinajstić information content (AvgIpc) is 2.42. The molecule has 1 N–H and O–H groups in total. The number of aliphatic hydroxyl groups is 1. The summed E-state index contributed by atoms with van der Waals surface area (Å²) in [6, 6.07) is 0. The highest BCUT2D eigenvalue weighted by atomic mass is 16.7. The Morgan fingerprint density at radius 1 is 1.38 bits per heavy atom. The standard InChI is InChI=1S/C10H20O3/c1-5-10(6-2)7(3)8(11)9(12-4)13-10/h7-9,11H,5-6H2,1-4H3/t7-,8+,9?/m0/s1. The molecule has 3 atom stereocenters. The summed E-state index contributed by atoms with van der Waals surface area (Å²) < 4.78 is 10.8. The molecule has 0 aromatic carbocycles. The van der Waals surface area contributed by atoms with E-state index in [1.165, 1.54) is 0 Å². The number of aliphatic hydroxyl groups excluding tert-OH is 1. The van der Waals surface area contributed by atoms with Gasteiger partial charge in [-0.3, -0.25) is 0 Å². The van der Waals surface area contributed by atoms with Crippen molar-refractivity contribution in [2.24, 2.45) is 5.92 Å². The van der Waals surface area contributed by atoms with Gasteiger partial charge in [-0.05, 0) is 12.8 Å². The number of hydrogen-bond acceptors (Lipinski definition) is 3. The minimum atomic E-state index is -0.495. The fourth-order valence-electron chi connectivity index (χ4n) is 2.20. The van der Waals surface area contributed by atoms with E-state index in [9.17, 15) is 5.11 Å². The molecular weight excluding hydrogens is 168 g/mol. The number of hydrogen-bond donors (Lipinski definition) is 1. The predicted molar refractivity (Wildman–Crippen MR) is 50.4 cm³/mol. The van der Waals surface area contributed by atoms with Crippen LogP contribution in [0.2, 0.25) is 0 Å². The molecule has 3 heteroatoms. The quantitative estimate of drug-likeness (QED) is 0.730. The van der Waals surface area contributed by atoms with Gasteiger partial charge in [-0.2, -0.15) is 0 Å². The molecular formula is C10H20O3. The largest absolute Gasteiger partial charge is 0.387 e. The third-order valence-electron chi connectivity index (χ3n) is 3.40. The minimum absolute atomic E-state index is 0.146. The van der Waals surface area contributed by atoms with E-state index in [2.05, 4.69) is 13.8 Å². The Bertz CT molecular complexity index is 166. The van der Waals surface area contributed by atoms with Gasteiger partial charge < -0.3 is 14.6 Å². The van der Waals surface area contributed by atoms with E-state index in [4.69, 9.17) is 9.47 Å². The van der Waals surface area contributed by atoms with E-state index in [-0.39, 0.29) is 11.5 Å². The zero-order valence-electron chi connectivity index (χ0n) is 8.91. The van der Waals surface area contributed by atoms with Gasteiger partial charge in [-0.25, -0.2) is 0 Å². The Morgan fingerprint density at radius 3 is 2.15 bits per heavy atom. The van der Waals surface area contributed by atoms with Gasteiger partial charge in [0.1, 0.15) is 6.10 Å². The number of ether oxygens (including phenoxy) is 2. The van der Waals surface area contributed by atoms with Crippen LogP contribution in [0, 0.1) is 5.92 Å². The summed E-state index contributed by atoms with van der Waals surface area (Å²) in [5, 5.41) is 9.81. The number of rotatable bonds is 3. The molecule has 1 heterocycles. The first-order chi connectivity index (χ1) is 6.11. The maximum atomic E-state index is 9.81. The molecule has 0 radical (unpaired) electrons. The molecule has 1 aliphatic rings. The zero-order chi connectivity index (χ0) is 10.1. The van der Waals surface area contributed by atoms with Gasteiger partial charge in [0.2, 0.25) is 0 Å². The second-order valence-electron chi connectivity index (χ2n) is 3.77. The van der Waals surface area contributed by atoms with Crippen LogP contribution in [0.1, 0.15) is 33.6 Å². The maximum absolute atomic E-state index is 9.81. The first kappa shape index (κ1) is 11.0. The summed E-state index contributed by atoms with van der Waals surface area (Å²) in [5.41, 5.74) is -0.194. The van der Waals surface area contributed by atoms with Gasteiger partial charge in [0.05, 0.1) is 5.60 Å². The molecule has 0 aliphatic carbocycles. The van der Waals surface area contributed by atoms with Crippen molar-refractivity contribution < 1.29 is 14.6 Å². The van der Waals surface area contributed by atoms with Crippen molar-refractivity contribution in [3.8, 4) is 0 Å². The van der Waals surface area contributed by atoms with Gasteiger partial charge in [0, 0.05) is 13.0 Å². The monoisotopic (exact) mass is 188 g/mol.